The van der Waals surface area contributed by atoms with Crippen molar-refractivity contribution in [2.24, 2.45) is 5.41 Å². The monoisotopic (exact) mass is 584 g/mol. The summed E-state index contributed by atoms with van der Waals surface area (Å²) in [6.07, 6.45) is -13.9. The summed E-state index contributed by atoms with van der Waals surface area (Å²) in [4.78, 5) is 0. The summed E-state index contributed by atoms with van der Waals surface area (Å²) < 4.78 is 140. The number of nitrogens with one attached hydrogen (secondary N) is 1. The van der Waals surface area contributed by atoms with Gasteiger partial charge in [-0.3, -0.25) is 0 Å². The maximum Gasteiger partial charge on any atom is 0.417 e. The molecule has 0 bridgehead atoms. The molecule has 39 heavy (non-hydrogen) atoms. The molecule has 3 nitrogen and oxygen atoms in total. The van der Waals surface area contributed by atoms with Crippen LogP contribution in [-0.4, -0.2) is 25.9 Å². The fourth-order valence-electron chi connectivity index (χ4n) is 4.43. The van der Waals surface area contributed by atoms with E-state index in [0.717, 1.165) is 22.9 Å². The quantitative estimate of drug-likeness (QED) is 0.291. The maximum absolute atomic E-state index is 14.2. The van der Waals surface area contributed by atoms with Crippen molar-refractivity contribution in [3.05, 3.63) is 59.8 Å². The topological polar surface area (TPSA) is 34.0 Å². The average molecular weight is 585 g/mol. The van der Waals surface area contributed by atoms with E-state index in [1.807, 2.05) is 0 Å². The molecule has 1 fully saturated rings. The first-order valence-electron chi connectivity index (χ1n) is 11.9. The van der Waals surface area contributed by atoms with E-state index in [-0.39, 0.29) is 34.9 Å². The Morgan fingerprint density at radius 1 is 0.949 bits per heavy atom. The standard InChI is InChI=1S/C26H25F9N2OS/c1-22(2,3)39(38)36-21(25(30,31)32)18-13-37(14-23(10-11-23)26(33,34)35)20-12-15(8-9-17(18)20)16-6-4-5-7-19(16)24(27,28)29/h4-9,12-13,21,36H,10-11,14H2,1-3H3/t21-,39-/m0/s1. The fourth-order valence-corrected chi connectivity index (χ4v) is 5.26. The lowest BCUT2D eigenvalue weighted by atomic mass is 9.97. The molecule has 13 heteroatoms. The van der Waals surface area contributed by atoms with Crippen LogP contribution in [0.1, 0.15) is 50.8 Å². The highest BCUT2D eigenvalue weighted by molar-refractivity contribution is 7.84. The molecule has 0 unspecified atom stereocenters. The lowest BCUT2D eigenvalue weighted by molar-refractivity contribution is -0.190. The largest absolute Gasteiger partial charge is 0.417 e. The van der Waals surface area contributed by atoms with E-state index in [1.54, 1.807) is 0 Å². The highest BCUT2D eigenvalue weighted by Gasteiger charge is 2.63. The van der Waals surface area contributed by atoms with E-state index < -0.39 is 63.4 Å². The molecule has 0 aliphatic heterocycles. The average Bonchev–Trinajstić information content (AvgIpc) is 3.51. The number of benzene rings is 2. The summed E-state index contributed by atoms with van der Waals surface area (Å²) in [5.74, 6) is 0. The highest BCUT2D eigenvalue weighted by atomic mass is 32.2. The van der Waals surface area contributed by atoms with Crippen LogP contribution in [0, 0.1) is 5.41 Å². The first kappa shape index (κ1) is 29.4. The Labute approximate surface area is 221 Å². The Balaban J connectivity index is 1.93. The van der Waals surface area contributed by atoms with Crippen LogP contribution in [-0.2, 0) is 23.7 Å². The third-order valence-electron chi connectivity index (χ3n) is 6.80. The Kier molecular flexibility index (Phi) is 7.20. The first-order valence-corrected chi connectivity index (χ1v) is 13.0. The van der Waals surface area contributed by atoms with Crippen molar-refractivity contribution in [3.63, 3.8) is 0 Å². The molecular formula is C26H25F9N2OS. The smallest absolute Gasteiger partial charge is 0.346 e. The van der Waals surface area contributed by atoms with Crippen LogP contribution < -0.4 is 4.72 Å². The van der Waals surface area contributed by atoms with Crippen molar-refractivity contribution in [2.45, 2.75) is 69.5 Å². The molecule has 0 radical (unpaired) electrons. The van der Waals surface area contributed by atoms with Crippen LogP contribution in [0.3, 0.4) is 0 Å². The third-order valence-corrected chi connectivity index (χ3v) is 8.37. The van der Waals surface area contributed by atoms with Gasteiger partial charge in [0.15, 0.2) is 0 Å². The Bertz CT molecular complexity index is 1390. The maximum atomic E-state index is 14.2. The molecule has 3 aromatic rings. The second kappa shape index (κ2) is 9.53. The van der Waals surface area contributed by atoms with Gasteiger partial charge < -0.3 is 4.57 Å². The van der Waals surface area contributed by atoms with E-state index in [4.69, 9.17) is 0 Å². The highest BCUT2D eigenvalue weighted by Crippen LogP contribution is 2.59. The summed E-state index contributed by atoms with van der Waals surface area (Å²) in [5.41, 5.74) is -3.99. The van der Waals surface area contributed by atoms with E-state index in [9.17, 15) is 43.7 Å². The summed E-state index contributed by atoms with van der Waals surface area (Å²) in [5, 5.41) is -0.109. The van der Waals surface area contributed by atoms with Crippen LogP contribution in [0.15, 0.2) is 48.7 Å². The van der Waals surface area contributed by atoms with Crippen LogP contribution in [0.4, 0.5) is 39.5 Å². The summed E-state index contributed by atoms with van der Waals surface area (Å²) in [6, 6.07) is 5.60. The Morgan fingerprint density at radius 3 is 2.08 bits per heavy atom. The zero-order valence-electron chi connectivity index (χ0n) is 21.0. The van der Waals surface area contributed by atoms with Gasteiger partial charge in [0, 0.05) is 29.2 Å². The molecule has 2 atom stereocenters. The lowest BCUT2D eigenvalue weighted by Gasteiger charge is -2.26. The number of rotatable bonds is 6. The number of alkyl halides is 9. The molecule has 1 saturated carbocycles. The minimum Gasteiger partial charge on any atom is -0.346 e. The van der Waals surface area contributed by atoms with Crippen LogP contribution in [0.25, 0.3) is 22.0 Å². The molecule has 0 saturated heterocycles. The summed E-state index contributed by atoms with van der Waals surface area (Å²) in [7, 11) is -2.20. The van der Waals surface area contributed by atoms with Crippen molar-refractivity contribution in [3.8, 4) is 11.1 Å². The minimum absolute atomic E-state index is 0.0204. The zero-order chi connectivity index (χ0) is 29.2. The van der Waals surface area contributed by atoms with Crippen LogP contribution >= 0.6 is 0 Å². The molecule has 0 amide bonds. The molecule has 1 heterocycles. The minimum atomic E-state index is -4.98. The second-order valence-electron chi connectivity index (χ2n) is 10.7. The van der Waals surface area contributed by atoms with Gasteiger partial charge in [-0.05, 0) is 56.9 Å². The fraction of sp³-hybridized carbons (Fsp3) is 0.462. The zero-order valence-corrected chi connectivity index (χ0v) is 21.8. The number of hydrogen-bond donors (Lipinski definition) is 1. The van der Waals surface area contributed by atoms with Crippen molar-refractivity contribution >= 4 is 21.9 Å². The van der Waals surface area contributed by atoms with Crippen molar-refractivity contribution in [1.82, 2.24) is 9.29 Å². The van der Waals surface area contributed by atoms with Gasteiger partial charge in [-0.25, -0.2) is 8.93 Å². The first-order chi connectivity index (χ1) is 17.7. The van der Waals surface area contributed by atoms with Gasteiger partial charge in [-0.2, -0.15) is 39.5 Å². The van der Waals surface area contributed by atoms with Crippen molar-refractivity contribution in [2.75, 3.05) is 0 Å². The molecule has 0 spiro atoms. The van der Waals surface area contributed by atoms with E-state index in [0.29, 0.717) is 0 Å². The van der Waals surface area contributed by atoms with Gasteiger partial charge in [-0.1, -0.05) is 30.3 Å². The Morgan fingerprint density at radius 2 is 1.56 bits per heavy atom. The second-order valence-corrected chi connectivity index (χ2v) is 12.7. The lowest BCUT2D eigenvalue weighted by Crippen LogP contribution is -2.41. The van der Waals surface area contributed by atoms with E-state index in [1.165, 1.54) is 51.1 Å². The predicted molar refractivity (Wildman–Crippen MR) is 130 cm³/mol. The van der Waals surface area contributed by atoms with Gasteiger partial charge in [0.25, 0.3) is 0 Å². The summed E-state index contributed by atoms with van der Waals surface area (Å²) >= 11 is 0. The third kappa shape index (κ3) is 5.84. The molecule has 2 aromatic carbocycles. The van der Waals surface area contributed by atoms with Gasteiger partial charge >= 0.3 is 18.5 Å². The number of halogens is 9. The number of nitrogens with zero attached hydrogens (tertiary/aromatic N) is 1. The molecule has 1 N–H and O–H groups in total. The van der Waals surface area contributed by atoms with Gasteiger partial charge in [0.05, 0.1) is 26.7 Å². The molecule has 4 rings (SSSR count). The van der Waals surface area contributed by atoms with Crippen LogP contribution in [0.5, 0.6) is 0 Å². The van der Waals surface area contributed by atoms with Crippen LogP contribution in [0.2, 0.25) is 0 Å². The summed E-state index contributed by atoms with van der Waals surface area (Å²) in [6.45, 7) is 3.66. The molecule has 1 aliphatic carbocycles. The van der Waals surface area contributed by atoms with Crippen molar-refractivity contribution in [1.29, 1.82) is 0 Å². The van der Waals surface area contributed by atoms with Gasteiger partial charge in [0.1, 0.15) is 6.04 Å². The van der Waals surface area contributed by atoms with Gasteiger partial charge in [-0.15, -0.1) is 0 Å². The SMILES string of the molecule is CC(C)(C)[S@](=O)N[C@@H](c1cn(CC2(C(F)(F)F)CC2)c2cc(-c3ccccc3C(F)(F)F)ccc12)C(F)(F)F. The van der Waals surface area contributed by atoms with E-state index >= 15 is 0 Å². The molecular weight excluding hydrogens is 559 g/mol. The number of fused-ring (bicyclic) bond motifs is 1. The van der Waals surface area contributed by atoms with E-state index in [2.05, 4.69) is 4.72 Å². The normalized spacial score (nSPS) is 17.8. The van der Waals surface area contributed by atoms with Crippen molar-refractivity contribution < 1.29 is 43.7 Å². The molecule has 1 aromatic heterocycles. The number of aromatic nitrogens is 1. The van der Waals surface area contributed by atoms with Gasteiger partial charge in [0.2, 0.25) is 0 Å². The molecule has 1 aliphatic rings. The predicted octanol–water partition coefficient (Wildman–Crippen LogP) is 8.32. The Hall–Kier alpha value is -2.54. The molecule has 214 valence electrons. The number of hydrogen-bond acceptors (Lipinski definition) is 1.